The highest BCUT2D eigenvalue weighted by molar-refractivity contribution is 7.71. The van der Waals surface area contributed by atoms with E-state index in [4.69, 9.17) is 35.4 Å². The standard InChI is InChI=1S/C14H9Cl2N5S/c15-9-4-5-11(12(16)7-9)13-19-20-14(22)21(13)18-8-10-3-1-2-6-17-10/h1-8H,(H,20,22)/b18-8-. The van der Waals surface area contributed by atoms with Crippen molar-refractivity contribution in [2.24, 2.45) is 5.10 Å². The molecule has 0 saturated heterocycles. The van der Waals surface area contributed by atoms with Gasteiger partial charge >= 0.3 is 0 Å². The van der Waals surface area contributed by atoms with Gasteiger partial charge in [-0.1, -0.05) is 29.3 Å². The van der Waals surface area contributed by atoms with Crippen molar-refractivity contribution >= 4 is 41.6 Å². The highest BCUT2D eigenvalue weighted by Crippen LogP contribution is 2.29. The number of hydrogen-bond acceptors (Lipinski definition) is 4. The molecule has 0 aliphatic rings. The Morgan fingerprint density at radius 3 is 2.82 bits per heavy atom. The van der Waals surface area contributed by atoms with Crippen LogP contribution >= 0.6 is 35.4 Å². The van der Waals surface area contributed by atoms with Crippen LogP contribution in [0.2, 0.25) is 10.0 Å². The van der Waals surface area contributed by atoms with E-state index in [0.717, 1.165) is 0 Å². The van der Waals surface area contributed by atoms with Crippen LogP contribution in [0.3, 0.4) is 0 Å². The minimum atomic E-state index is 0.355. The molecule has 0 atom stereocenters. The van der Waals surface area contributed by atoms with E-state index in [9.17, 15) is 0 Å². The topological polar surface area (TPSA) is 58.9 Å². The zero-order valence-electron chi connectivity index (χ0n) is 11.1. The summed E-state index contributed by atoms with van der Waals surface area (Å²) in [6.07, 6.45) is 3.28. The Kier molecular flexibility index (Phi) is 4.33. The van der Waals surface area contributed by atoms with Crippen LogP contribution in [-0.2, 0) is 0 Å². The Hall–Kier alpha value is -2.02. The van der Waals surface area contributed by atoms with Gasteiger partial charge in [0.15, 0.2) is 5.82 Å². The fourth-order valence-electron chi connectivity index (χ4n) is 1.81. The van der Waals surface area contributed by atoms with Crippen molar-refractivity contribution in [3.63, 3.8) is 0 Å². The van der Waals surface area contributed by atoms with Gasteiger partial charge in [0.25, 0.3) is 0 Å². The number of H-pyrrole nitrogens is 1. The summed E-state index contributed by atoms with van der Waals surface area (Å²) in [6.45, 7) is 0. The first-order chi connectivity index (χ1) is 10.6. The highest BCUT2D eigenvalue weighted by Gasteiger charge is 2.12. The third kappa shape index (κ3) is 3.09. The quantitative estimate of drug-likeness (QED) is 0.569. The Balaban J connectivity index is 2.05. The number of pyridine rings is 1. The molecule has 3 rings (SSSR count). The molecule has 8 heteroatoms. The molecule has 0 bridgehead atoms. The van der Waals surface area contributed by atoms with E-state index >= 15 is 0 Å². The van der Waals surface area contributed by atoms with E-state index in [0.29, 0.717) is 31.9 Å². The van der Waals surface area contributed by atoms with Crippen molar-refractivity contribution in [3.8, 4) is 11.4 Å². The average molecular weight is 350 g/mol. The van der Waals surface area contributed by atoms with E-state index in [2.05, 4.69) is 20.3 Å². The second-order valence-electron chi connectivity index (χ2n) is 4.29. The van der Waals surface area contributed by atoms with Crippen LogP contribution < -0.4 is 0 Å². The molecule has 1 N–H and O–H groups in total. The lowest BCUT2D eigenvalue weighted by molar-refractivity contribution is 0.870. The van der Waals surface area contributed by atoms with Crippen molar-refractivity contribution in [2.45, 2.75) is 0 Å². The number of aromatic amines is 1. The normalized spacial score (nSPS) is 11.2. The summed E-state index contributed by atoms with van der Waals surface area (Å²) in [5, 5.41) is 12.2. The molecule has 0 saturated carbocycles. The lowest BCUT2D eigenvalue weighted by atomic mass is 10.2. The fraction of sp³-hybridized carbons (Fsp3) is 0. The number of nitrogens with one attached hydrogen (secondary N) is 1. The Morgan fingerprint density at radius 2 is 2.09 bits per heavy atom. The van der Waals surface area contributed by atoms with Gasteiger partial charge in [-0.2, -0.15) is 14.9 Å². The van der Waals surface area contributed by atoms with Crippen LogP contribution in [0.15, 0.2) is 47.7 Å². The number of hydrogen-bond donors (Lipinski definition) is 1. The van der Waals surface area contributed by atoms with Gasteiger partial charge in [-0.25, -0.2) is 5.10 Å². The first-order valence-corrected chi connectivity index (χ1v) is 7.40. The van der Waals surface area contributed by atoms with E-state index in [1.807, 2.05) is 18.2 Å². The maximum atomic E-state index is 6.21. The van der Waals surface area contributed by atoms with Crippen molar-refractivity contribution in [1.29, 1.82) is 0 Å². The monoisotopic (exact) mass is 349 g/mol. The summed E-state index contributed by atoms with van der Waals surface area (Å²) in [4.78, 5) is 4.17. The van der Waals surface area contributed by atoms with E-state index in [1.54, 1.807) is 30.6 Å². The number of benzene rings is 1. The molecule has 0 aliphatic carbocycles. The lowest BCUT2D eigenvalue weighted by Gasteiger charge is -2.03. The molecule has 3 aromatic rings. The first kappa shape index (κ1) is 14.9. The van der Waals surface area contributed by atoms with Crippen molar-refractivity contribution in [3.05, 3.63) is 63.1 Å². The third-order valence-electron chi connectivity index (χ3n) is 2.82. The number of rotatable bonds is 3. The molecule has 0 fully saturated rings. The van der Waals surface area contributed by atoms with Gasteiger partial charge in [-0.3, -0.25) is 4.98 Å². The van der Waals surface area contributed by atoms with E-state index in [-0.39, 0.29) is 0 Å². The van der Waals surface area contributed by atoms with Crippen LogP contribution in [0.1, 0.15) is 5.69 Å². The maximum Gasteiger partial charge on any atom is 0.216 e. The van der Waals surface area contributed by atoms with E-state index in [1.165, 1.54) is 4.68 Å². The van der Waals surface area contributed by atoms with Crippen LogP contribution in [0, 0.1) is 4.77 Å². The zero-order valence-corrected chi connectivity index (χ0v) is 13.4. The molecule has 22 heavy (non-hydrogen) atoms. The second kappa shape index (κ2) is 6.39. The lowest BCUT2D eigenvalue weighted by Crippen LogP contribution is -1.96. The predicted molar refractivity (Wildman–Crippen MR) is 90.1 cm³/mol. The van der Waals surface area contributed by atoms with Gasteiger partial charge in [0.2, 0.25) is 4.77 Å². The third-order valence-corrected chi connectivity index (χ3v) is 3.63. The second-order valence-corrected chi connectivity index (χ2v) is 5.52. The van der Waals surface area contributed by atoms with Gasteiger partial charge in [-0.05, 0) is 42.5 Å². The van der Waals surface area contributed by atoms with Gasteiger partial charge < -0.3 is 0 Å². The molecule has 1 aromatic carbocycles. The van der Waals surface area contributed by atoms with Crippen molar-refractivity contribution < 1.29 is 0 Å². The van der Waals surface area contributed by atoms with E-state index < -0.39 is 0 Å². The average Bonchev–Trinajstić information content (AvgIpc) is 2.87. The molecule has 0 spiro atoms. The summed E-state index contributed by atoms with van der Waals surface area (Å²) >= 11 is 17.3. The molecule has 2 aromatic heterocycles. The zero-order chi connectivity index (χ0) is 15.5. The molecule has 0 aliphatic heterocycles. The smallest absolute Gasteiger partial charge is 0.216 e. The SMILES string of the molecule is S=c1[nH]nc(-c2ccc(Cl)cc2Cl)n1/N=C\c1ccccn1. The maximum absolute atomic E-state index is 6.21. The highest BCUT2D eigenvalue weighted by atomic mass is 35.5. The molecular weight excluding hydrogens is 341 g/mol. The molecule has 5 nitrogen and oxygen atoms in total. The van der Waals surface area contributed by atoms with Crippen LogP contribution in [0.5, 0.6) is 0 Å². The van der Waals surface area contributed by atoms with Crippen LogP contribution in [-0.4, -0.2) is 26.1 Å². The summed E-state index contributed by atoms with van der Waals surface area (Å²) in [5.74, 6) is 0.499. The Morgan fingerprint density at radius 1 is 1.23 bits per heavy atom. The van der Waals surface area contributed by atoms with Crippen LogP contribution in [0.25, 0.3) is 11.4 Å². The minimum absolute atomic E-state index is 0.355. The number of halogens is 2. The summed E-state index contributed by atoms with van der Waals surface area (Å²) < 4.78 is 1.84. The molecule has 110 valence electrons. The Bertz CT molecular complexity index is 886. The van der Waals surface area contributed by atoms with Gasteiger partial charge in [0, 0.05) is 16.8 Å². The van der Waals surface area contributed by atoms with Gasteiger partial charge in [0.05, 0.1) is 16.9 Å². The summed E-state index contributed by atoms with van der Waals surface area (Å²) in [7, 11) is 0. The van der Waals surface area contributed by atoms with Crippen molar-refractivity contribution in [2.75, 3.05) is 0 Å². The molecule has 0 unspecified atom stereocenters. The number of nitrogens with zero attached hydrogens (tertiary/aromatic N) is 4. The minimum Gasteiger partial charge on any atom is -0.255 e. The Labute approximate surface area is 141 Å². The first-order valence-electron chi connectivity index (χ1n) is 6.23. The van der Waals surface area contributed by atoms with Crippen molar-refractivity contribution in [1.82, 2.24) is 19.9 Å². The van der Waals surface area contributed by atoms with Gasteiger partial charge in [0.1, 0.15) is 0 Å². The molecule has 0 radical (unpaired) electrons. The number of aromatic nitrogens is 4. The largest absolute Gasteiger partial charge is 0.255 e. The summed E-state index contributed by atoms with van der Waals surface area (Å²) in [5.41, 5.74) is 1.38. The molecular formula is C14H9Cl2N5S. The van der Waals surface area contributed by atoms with Gasteiger partial charge in [-0.15, -0.1) is 0 Å². The fourth-order valence-corrected chi connectivity index (χ4v) is 2.49. The van der Waals surface area contributed by atoms with Crippen LogP contribution in [0.4, 0.5) is 0 Å². The summed E-state index contributed by atoms with van der Waals surface area (Å²) in [6, 6.07) is 10.7. The molecule has 2 heterocycles. The predicted octanol–water partition coefficient (Wildman–Crippen LogP) is 4.19. The molecule has 0 amide bonds.